The molecule has 2 aromatic rings. The molecule has 0 spiro atoms. The number of aliphatic hydroxyl groups excluding tert-OH is 1. The summed E-state index contributed by atoms with van der Waals surface area (Å²) < 4.78 is 166. The van der Waals surface area contributed by atoms with E-state index in [1.54, 1.807) is 0 Å². The van der Waals surface area contributed by atoms with Crippen LogP contribution in [-0.4, -0.2) is 91.9 Å². The van der Waals surface area contributed by atoms with E-state index in [0.717, 1.165) is 12.3 Å². The molecule has 1 aromatic carbocycles. The number of nitrogens with zero attached hydrogens (tertiary/aromatic N) is 4. The average Bonchev–Trinajstić information content (AvgIpc) is 3.49. The van der Waals surface area contributed by atoms with Crippen molar-refractivity contribution in [1.29, 1.82) is 1.43 Å². The van der Waals surface area contributed by atoms with Crippen molar-refractivity contribution >= 4 is 41.8 Å². The van der Waals surface area contributed by atoms with Crippen molar-refractivity contribution in [1.82, 2.24) is 9.55 Å². The molecule has 2 unspecified atom stereocenters. The van der Waals surface area contributed by atoms with Gasteiger partial charge in [0.05, 0.1) is 28.3 Å². The Morgan fingerprint density at radius 2 is 1.94 bits per heavy atom. The number of carbonyl (C=O) groups excluding carboxylic acids is 2. The smallest absolute Gasteiger partial charge is 0.491 e. The number of ketones is 1. The quantitative estimate of drug-likeness (QED) is 0.0705. The molecule has 1 aromatic heterocycles. The molecule has 12 nitrogen and oxygen atoms in total. The van der Waals surface area contributed by atoms with Crippen LogP contribution in [0.2, 0.25) is 0 Å². The largest absolute Gasteiger partial charge is 0.573 e. The van der Waals surface area contributed by atoms with E-state index in [1.807, 2.05) is 0 Å². The molecule has 3 heterocycles. The molecule has 1 saturated heterocycles. The number of methoxy groups -OCH3 is 1. The van der Waals surface area contributed by atoms with Gasteiger partial charge in [-0.05, 0) is 50.0 Å². The van der Waals surface area contributed by atoms with Crippen LogP contribution in [0.15, 0.2) is 29.4 Å². The maximum absolute atomic E-state index is 14.0. The lowest BCUT2D eigenvalue weighted by Crippen LogP contribution is -2.40. The van der Waals surface area contributed by atoms with Gasteiger partial charge >= 0.3 is 24.6 Å². The summed E-state index contributed by atoms with van der Waals surface area (Å²) in [6, 6.07) is 3.62. The summed E-state index contributed by atoms with van der Waals surface area (Å²) in [6.45, 7) is -1.18. The number of aliphatic hydroxyl groups is 1. The number of hydrogen-bond acceptors (Lipinski definition) is 11. The number of aromatic nitrogens is 2. The van der Waals surface area contributed by atoms with Gasteiger partial charge in [0.1, 0.15) is 23.8 Å². The highest BCUT2D eigenvalue weighted by molar-refractivity contribution is 7.71. The van der Waals surface area contributed by atoms with Gasteiger partial charge in [-0.15, -0.1) is 13.2 Å². The molecule has 1 amide bonds. The molecule has 1 fully saturated rings. The zero-order valence-corrected chi connectivity index (χ0v) is 26.6. The molecular formula is C29H29F9N4O8S. The fourth-order valence-corrected chi connectivity index (χ4v) is 5.45. The second-order valence-corrected chi connectivity index (χ2v) is 11.3. The molecule has 51 heavy (non-hydrogen) atoms. The Morgan fingerprint density at radius 3 is 2.61 bits per heavy atom. The zero-order chi connectivity index (χ0) is 40.0. The Bertz CT molecular complexity index is 1730. The number of amides is 1. The van der Waals surface area contributed by atoms with Gasteiger partial charge in [0.15, 0.2) is 23.7 Å². The fraction of sp³-hybridized carbons (Fsp3) is 0.552. The summed E-state index contributed by atoms with van der Waals surface area (Å²) in [5, 5.41) is 4.65. The third kappa shape index (κ3) is 10.1. The van der Waals surface area contributed by atoms with E-state index in [1.165, 1.54) is 16.7 Å². The first kappa shape index (κ1) is 35.4. The monoisotopic (exact) mass is 769 g/mol. The number of para-hydroxylation sites is 1. The number of anilines is 2. The summed E-state index contributed by atoms with van der Waals surface area (Å²) >= 11 is 5.30. The minimum Gasteiger partial charge on any atom is -0.491 e. The second kappa shape index (κ2) is 16.1. The molecule has 2 aliphatic heterocycles. The summed E-state index contributed by atoms with van der Waals surface area (Å²) in [5.41, 5.74) is -0.578. The molecule has 5 atom stereocenters. The van der Waals surface area contributed by atoms with Crippen molar-refractivity contribution in [3.05, 3.63) is 29.2 Å². The topological polar surface area (TPSA) is 134 Å². The SMILES string of the molecule is [2H]C([3H])OC[C@H]1O[C@@H](n2cc3c(nc2=S)N(C(=O)C(F)(F)F)c2c(OCCCC(CCCN=COC(F)(F)F)C(=O)C(F)(F)F)cccc2O3)C[C@H]1O[3H]. The number of Topliss-reactive ketones (excluding diaryl/α,β-unsaturated/α-hetero) is 1. The Morgan fingerprint density at radius 1 is 1.20 bits per heavy atom. The van der Waals surface area contributed by atoms with Crippen LogP contribution in [0.5, 0.6) is 17.2 Å². The Balaban J connectivity index is 1.54. The molecule has 0 bridgehead atoms. The predicted octanol–water partition coefficient (Wildman–Crippen LogP) is 6.49. The number of hydrogen-bond donors (Lipinski definition) is 1. The standard InChI is InChI=1S/C29H29F9N4O8S/c1-46-13-20-16(43)11-21(50-20)41-12-19-24(40-26(41)51)42(25(45)28(33,34)35)22-17(7-2-8-18(22)49-19)47-10-4-6-15(23(44)27(30,31)32)5-3-9-39-14-48-29(36,37)38/h2,7-8,12,14-16,20-21,43H,3-6,9-11,13H2,1H3/t15?,16-,20-,21-/m1/s1/i1TD,43T/t1?,15?,16-,20-,21-. The van der Waals surface area contributed by atoms with Crippen molar-refractivity contribution in [2.24, 2.45) is 10.9 Å². The summed E-state index contributed by atoms with van der Waals surface area (Å²) in [7, 11) is -1.67. The van der Waals surface area contributed by atoms with Crippen LogP contribution in [0.3, 0.4) is 0 Å². The highest BCUT2D eigenvalue weighted by Gasteiger charge is 2.49. The minimum atomic E-state index is -5.49. The van der Waals surface area contributed by atoms with Crippen LogP contribution in [0.1, 0.15) is 41.1 Å². The minimum absolute atomic E-state index is 0.0486. The van der Waals surface area contributed by atoms with Crippen LogP contribution in [0.25, 0.3) is 0 Å². The van der Waals surface area contributed by atoms with Gasteiger partial charge in [0.2, 0.25) is 12.0 Å². The maximum atomic E-state index is 14.0. The normalized spacial score (nSPS) is 21.2. The van der Waals surface area contributed by atoms with E-state index in [4.69, 9.17) is 35.3 Å². The lowest BCUT2D eigenvalue weighted by atomic mass is 9.93. The number of benzene rings is 1. The first-order valence-electron chi connectivity index (χ1n) is 16.3. The van der Waals surface area contributed by atoms with Crippen LogP contribution in [-0.2, 0) is 23.8 Å². The number of aliphatic imine (C=N–C) groups is 1. The number of halogens is 9. The van der Waals surface area contributed by atoms with Crippen LogP contribution < -0.4 is 14.4 Å². The lowest BCUT2D eigenvalue weighted by molar-refractivity contribution is -0.280. The first-order chi connectivity index (χ1) is 25.2. The Hall–Kier alpha value is -4.02. The van der Waals surface area contributed by atoms with Crippen molar-refractivity contribution in [2.45, 2.75) is 69.3 Å². The van der Waals surface area contributed by atoms with E-state index >= 15 is 0 Å². The third-order valence-electron chi connectivity index (χ3n) is 7.42. The van der Waals surface area contributed by atoms with Crippen molar-refractivity contribution < 1.29 is 80.6 Å². The summed E-state index contributed by atoms with van der Waals surface area (Å²) in [6.07, 6.45) is -18.9. The van der Waals surface area contributed by atoms with Crippen LogP contribution >= 0.6 is 12.2 Å². The predicted molar refractivity (Wildman–Crippen MR) is 158 cm³/mol. The molecule has 2 aliphatic rings. The molecule has 282 valence electrons. The third-order valence-corrected chi connectivity index (χ3v) is 7.72. The van der Waals surface area contributed by atoms with Gasteiger partial charge < -0.3 is 28.8 Å². The van der Waals surface area contributed by atoms with Gasteiger partial charge in [0, 0.05) is 25.9 Å². The molecule has 0 aliphatic carbocycles. The molecule has 0 saturated carbocycles. The molecule has 4 rings (SSSR count). The average molecular weight is 770 g/mol. The fourth-order valence-electron chi connectivity index (χ4n) is 5.20. The number of carbonyl (C=O) groups is 2. The maximum Gasteiger partial charge on any atom is 0.573 e. The van der Waals surface area contributed by atoms with E-state index < -0.39 is 116 Å². The summed E-state index contributed by atoms with van der Waals surface area (Å²) in [5.74, 6) is -8.05. The number of rotatable bonds is 15. The molecule has 0 radical (unpaired) electrons. The van der Waals surface area contributed by atoms with Crippen molar-refractivity contribution in [2.75, 3.05) is 31.7 Å². The van der Waals surface area contributed by atoms with Crippen LogP contribution in [0, 0.1) is 10.7 Å². The molecular weight excluding hydrogens is 735 g/mol. The number of alkyl halides is 9. The highest BCUT2D eigenvalue weighted by atomic mass is 32.1. The number of ether oxygens (including phenoxy) is 5. The lowest BCUT2D eigenvalue weighted by Gasteiger charge is -2.32. The van der Waals surface area contributed by atoms with Crippen molar-refractivity contribution in [3.8, 4) is 17.2 Å². The van der Waals surface area contributed by atoms with Crippen molar-refractivity contribution in [3.63, 3.8) is 0 Å². The van der Waals surface area contributed by atoms with E-state index in [0.29, 0.717) is 0 Å². The first-order valence-corrected chi connectivity index (χ1v) is 15.2. The highest BCUT2D eigenvalue weighted by Crippen LogP contribution is 2.51. The van der Waals surface area contributed by atoms with Gasteiger partial charge in [-0.25, -0.2) is 4.90 Å². The zero-order valence-electron chi connectivity index (χ0n) is 28.8. The van der Waals surface area contributed by atoms with E-state index in [2.05, 4.69) is 19.8 Å². The van der Waals surface area contributed by atoms with Gasteiger partial charge in [-0.3, -0.25) is 19.1 Å². The van der Waals surface area contributed by atoms with Crippen LogP contribution in [0.4, 0.5) is 51.0 Å². The summed E-state index contributed by atoms with van der Waals surface area (Å²) in [4.78, 5) is 32.4. The van der Waals surface area contributed by atoms with Gasteiger partial charge in [-0.2, -0.15) is 31.3 Å². The van der Waals surface area contributed by atoms with Gasteiger partial charge in [-0.1, -0.05) is 6.07 Å². The molecule has 1 N–H and O–H groups in total. The van der Waals surface area contributed by atoms with Gasteiger partial charge in [0.25, 0.3) is 0 Å². The molecule has 22 heteroatoms. The van der Waals surface area contributed by atoms with E-state index in [-0.39, 0.29) is 42.9 Å². The Kier molecular flexibility index (Phi) is 11.2. The second-order valence-electron chi connectivity index (χ2n) is 11.0. The Labute approximate surface area is 292 Å². The number of fused-ring (bicyclic) bond motifs is 2. The van der Waals surface area contributed by atoms with E-state index in [9.17, 15) is 49.1 Å².